The Balaban J connectivity index is 2.11. The van der Waals surface area contributed by atoms with Crippen LogP contribution in [0.4, 0.5) is 0 Å². The summed E-state index contributed by atoms with van der Waals surface area (Å²) >= 11 is 0. The molecule has 0 amide bonds. The average Bonchev–Trinajstić information content (AvgIpc) is 2.37. The molecule has 0 fully saturated rings. The van der Waals surface area contributed by atoms with Crippen molar-refractivity contribution in [2.24, 2.45) is 11.1 Å². The summed E-state index contributed by atoms with van der Waals surface area (Å²) in [5, 5.41) is 0. The van der Waals surface area contributed by atoms with Crippen molar-refractivity contribution in [3.8, 4) is 11.5 Å². The molecule has 2 atom stereocenters. The van der Waals surface area contributed by atoms with E-state index in [1.807, 2.05) is 12.1 Å². The van der Waals surface area contributed by atoms with Crippen LogP contribution in [0, 0.1) is 5.41 Å². The fourth-order valence-electron chi connectivity index (χ4n) is 1.67. The van der Waals surface area contributed by atoms with E-state index in [1.54, 1.807) is 6.07 Å². The molecule has 1 heterocycles. The summed E-state index contributed by atoms with van der Waals surface area (Å²) in [6.07, 6.45) is 0. The largest absolute Gasteiger partial charge is 0.486 e. The third kappa shape index (κ3) is 3.48. The first-order valence-corrected chi connectivity index (χ1v) is 7.73. The lowest BCUT2D eigenvalue weighted by molar-refractivity contribution is 0.171. The van der Waals surface area contributed by atoms with Gasteiger partial charge in [-0.15, -0.1) is 0 Å². The molecule has 5 heteroatoms. The molecule has 0 saturated heterocycles. The van der Waals surface area contributed by atoms with E-state index in [0.717, 1.165) is 4.90 Å². The maximum Gasteiger partial charge on any atom is 0.162 e. The Bertz CT molecular complexity index is 482. The first-order chi connectivity index (χ1) is 8.88. The molecular weight excluding hydrogens is 262 g/mol. The molecule has 2 unspecified atom stereocenters. The highest BCUT2D eigenvalue weighted by molar-refractivity contribution is 7.85. The summed E-state index contributed by atoms with van der Waals surface area (Å²) in [5.74, 6) is 1.83. The van der Waals surface area contributed by atoms with Crippen LogP contribution in [-0.4, -0.2) is 29.2 Å². The van der Waals surface area contributed by atoms with Gasteiger partial charge in [-0.25, -0.2) is 0 Å². The first kappa shape index (κ1) is 14.3. The van der Waals surface area contributed by atoms with E-state index >= 15 is 0 Å². The predicted octanol–water partition coefficient (Wildman–Crippen LogP) is 1.94. The number of ether oxygens (including phenoxy) is 2. The van der Waals surface area contributed by atoms with Crippen molar-refractivity contribution < 1.29 is 13.7 Å². The Kier molecular flexibility index (Phi) is 4.16. The van der Waals surface area contributed by atoms with Gasteiger partial charge in [0.15, 0.2) is 11.5 Å². The summed E-state index contributed by atoms with van der Waals surface area (Å²) in [6, 6.07) is 5.31. The monoisotopic (exact) mass is 283 g/mol. The Labute approximate surface area is 116 Å². The van der Waals surface area contributed by atoms with Gasteiger partial charge in [0.2, 0.25) is 0 Å². The van der Waals surface area contributed by atoms with Gasteiger partial charge in [-0.3, -0.25) is 4.21 Å². The van der Waals surface area contributed by atoms with Crippen molar-refractivity contribution in [1.82, 2.24) is 0 Å². The third-order valence-corrected chi connectivity index (χ3v) is 4.66. The second-order valence-corrected chi connectivity index (χ2v) is 7.29. The fraction of sp³-hybridized carbons (Fsp3) is 0.571. The molecule has 0 aromatic heterocycles. The van der Waals surface area contributed by atoms with E-state index in [4.69, 9.17) is 15.2 Å². The smallest absolute Gasteiger partial charge is 0.162 e. The standard InChI is InChI=1S/C14H21NO3S/c1-14(2,3)13(15)9-19(16)10-4-5-11-12(8-10)18-7-6-17-11/h4-5,8,13H,6-7,9,15H2,1-3H3. The first-order valence-electron chi connectivity index (χ1n) is 6.41. The van der Waals surface area contributed by atoms with Gasteiger partial charge in [0.1, 0.15) is 13.2 Å². The molecule has 2 rings (SSSR count). The van der Waals surface area contributed by atoms with Crippen LogP contribution in [0.3, 0.4) is 0 Å². The van der Waals surface area contributed by atoms with E-state index in [-0.39, 0.29) is 11.5 Å². The van der Waals surface area contributed by atoms with E-state index in [0.29, 0.717) is 30.5 Å². The Morgan fingerprint density at radius 2 is 1.89 bits per heavy atom. The molecule has 1 aromatic rings. The highest BCUT2D eigenvalue weighted by atomic mass is 32.2. The van der Waals surface area contributed by atoms with Crippen LogP contribution in [0.1, 0.15) is 20.8 Å². The number of hydrogen-bond donors (Lipinski definition) is 1. The van der Waals surface area contributed by atoms with Gasteiger partial charge < -0.3 is 15.2 Å². The molecule has 1 aromatic carbocycles. The molecule has 0 aliphatic carbocycles. The normalized spacial score (nSPS) is 17.9. The van der Waals surface area contributed by atoms with Crippen LogP contribution in [-0.2, 0) is 10.8 Å². The highest BCUT2D eigenvalue weighted by Gasteiger charge is 2.24. The van der Waals surface area contributed by atoms with Crippen molar-refractivity contribution in [2.75, 3.05) is 19.0 Å². The Morgan fingerprint density at radius 1 is 1.26 bits per heavy atom. The summed E-state index contributed by atoms with van der Waals surface area (Å²) in [7, 11) is -1.12. The van der Waals surface area contributed by atoms with Crippen molar-refractivity contribution in [2.45, 2.75) is 31.7 Å². The van der Waals surface area contributed by atoms with Gasteiger partial charge in [-0.1, -0.05) is 20.8 Å². The second kappa shape index (κ2) is 5.51. The van der Waals surface area contributed by atoms with Crippen LogP contribution in [0.25, 0.3) is 0 Å². The molecule has 106 valence electrons. The van der Waals surface area contributed by atoms with Gasteiger partial charge in [0.25, 0.3) is 0 Å². The zero-order chi connectivity index (χ0) is 14.0. The topological polar surface area (TPSA) is 61.6 Å². The number of benzene rings is 1. The second-order valence-electron chi connectivity index (χ2n) is 5.79. The fourth-order valence-corrected chi connectivity index (χ4v) is 3.15. The van der Waals surface area contributed by atoms with E-state index in [2.05, 4.69) is 20.8 Å². The summed E-state index contributed by atoms with van der Waals surface area (Å²) < 4.78 is 23.3. The molecule has 4 nitrogen and oxygen atoms in total. The molecule has 0 spiro atoms. The molecule has 0 bridgehead atoms. The van der Waals surface area contributed by atoms with Gasteiger partial charge in [-0.2, -0.15) is 0 Å². The minimum atomic E-state index is -1.12. The maximum atomic E-state index is 12.3. The molecule has 2 N–H and O–H groups in total. The van der Waals surface area contributed by atoms with Crippen molar-refractivity contribution in [3.05, 3.63) is 18.2 Å². The zero-order valence-electron chi connectivity index (χ0n) is 11.6. The number of hydrogen-bond acceptors (Lipinski definition) is 4. The minimum absolute atomic E-state index is 0.0521. The maximum absolute atomic E-state index is 12.3. The van der Waals surface area contributed by atoms with Crippen molar-refractivity contribution >= 4 is 10.8 Å². The van der Waals surface area contributed by atoms with E-state index < -0.39 is 10.8 Å². The molecule has 19 heavy (non-hydrogen) atoms. The van der Waals surface area contributed by atoms with Crippen molar-refractivity contribution in [1.29, 1.82) is 0 Å². The summed E-state index contributed by atoms with van der Waals surface area (Å²) in [6.45, 7) is 7.25. The predicted molar refractivity (Wildman–Crippen MR) is 76.1 cm³/mol. The van der Waals surface area contributed by atoms with Crippen molar-refractivity contribution in [3.63, 3.8) is 0 Å². The van der Waals surface area contributed by atoms with Crippen LogP contribution in [0.5, 0.6) is 11.5 Å². The van der Waals surface area contributed by atoms with Gasteiger partial charge in [0, 0.05) is 22.8 Å². The SMILES string of the molecule is CC(C)(C)C(N)CS(=O)c1ccc2c(c1)OCCO2. The van der Waals surface area contributed by atoms with Crippen LogP contribution >= 0.6 is 0 Å². The van der Waals surface area contributed by atoms with Crippen LogP contribution in [0.15, 0.2) is 23.1 Å². The van der Waals surface area contributed by atoms with Crippen LogP contribution < -0.4 is 15.2 Å². The Hall–Kier alpha value is -1.07. The molecule has 1 aliphatic heterocycles. The molecular formula is C14H21NO3S. The zero-order valence-corrected chi connectivity index (χ0v) is 12.5. The van der Waals surface area contributed by atoms with Gasteiger partial charge in [0.05, 0.1) is 10.8 Å². The molecule has 0 radical (unpaired) electrons. The van der Waals surface area contributed by atoms with E-state index in [9.17, 15) is 4.21 Å². The number of nitrogens with two attached hydrogens (primary N) is 1. The average molecular weight is 283 g/mol. The lowest BCUT2D eigenvalue weighted by atomic mass is 9.89. The quantitative estimate of drug-likeness (QED) is 0.921. The lowest BCUT2D eigenvalue weighted by Gasteiger charge is -2.26. The number of fused-ring (bicyclic) bond motifs is 1. The molecule has 1 aliphatic rings. The highest BCUT2D eigenvalue weighted by Crippen LogP contribution is 2.32. The van der Waals surface area contributed by atoms with Gasteiger partial charge in [-0.05, 0) is 17.5 Å². The minimum Gasteiger partial charge on any atom is -0.486 e. The molecule has 0 saturated carbocycles. The van der Waals surface area contributed by atoms with Gasteiger partial charge >= 0.3 is 0 Å². The summed E-state index contributed by atoms with van der Waals surface area (Å²) in [5.41, 5.74) is 6.03. The third-order valence-electron chi connectivity index (χ3n) is 3.22. The number of rotatable bonds is 3. The van der Waals surface area contributed by atoms with E-state index in [1.165, 1.54) is 0 Å². The lowest BCUT2D eigenvalue weighted by Crippen LogP contribution is -2.39. The van der Waals surface area contributed by atoms with Crippen LogP contribution in [0.2, 0.25) is 0 Å². The summed E-state index contributed by atoms with van der Waals surface area (Å²) in [4.78, 5) is 0.740. The Morgan fingerprint density at radius 3 is 2.53 bits per heavy atom.